The van der Waals surface area contributed by atoms with Crippen LogP contribution in [0.15, 0.2) is 78.9 Å². The summed E-state index contributed by atoms with van der Waals surface area (Å²) in [7, 11) is 1.46. The number of halogens is 1. The SMILES string of the molecule is CN(C(=O)COCC(=O)N1CCN(C(c2ccccc2)c2ccccc2)CC1)c1ccc(Cl)cc1C(=O)O. The van der Waals surface area contributed by atoms with E-state index >= 15 is 0 Å². The molecule has 0 aliphatic carbocycles. The molecular weight excluding hydrogens is 506 g/mol. The highest BCUT2D eigenvalue weighted by Gasteiger charge is 2.28. The monoisotopic (exact) mass is 535 g/mol. The third kappa shape index (κ3) is 6.58. The molecule has 1 aliphatic rings. The number of anilines is 1. The Bertz CT molecular complexity index is 1220. The van der Waals surface area contributed by atoms with Gasteiger partial charge in [-0.05, 0) is 29.3 Å². The molecule has 0 bridgehead atoms. The maximum Gasteiger partial charge on any atom is 0.337 e. The van der Waals surface area contributed by atoms with Gasteiger partial charge in [0, 0.05) is 38.2 Å². The van der Waals surface area contributed by atoms with E-state index in [2.05, 4.69) is 29.2 Å². The van der Waals surface area contributed by atoms with Gasteiger partial charge < -0.3 is 19.6 Å². The van der Waals surface area contributed by atoms with Gasteiger partial charge in [0.15, 0.2) is 0 Å². The molecule has 8 nitrogen and oxygen atoms in total. The Labute approximate surface area is 227 Å². The van der Waals surface area contributed by atoms with Crippen LogP contribution < -0.4 is 4.90 Å². The molecule has 1 N–H and O–H groups in total. The first kappa shape index (κ1) is 27.3. The molecule has 0 unspecified atom stereocenters. The predicted molar refractivity (Wildman–Crippen MR) is 146 cm³/mol. The van der Waals surface area contributed by atoms with E-state index in [1.54, 1.807) is 4.90 Å². The number of hydrogen-bond acceptors (Lipinski definition) is 5. The molecule has 0 aromatic heterocycles. The van der Waals surface area contributed by atoms with Gasteiger partial charge in [0.25, 0.3) is 5.91 Å². The second kappa shape index (κ2) is 12.7. The molecule has 0 atom stereocenters. The van der Waals surface area contributed by atoms with E-state index in [4.69, 9.17) is 16.3 Å². The van der Waals surface area contributed by atoms with E-state index in [1.165, 1.54) is 41.3 Å². The van der Waals surface area contributed by atoms with Gasteiger partial charge in [0.05, 0.1) is 17.3 Å². The van der Waals surface area contributed by atoms with Crippen LogP contribution in [-0.4, -0.2) is 79.1 Å². The quantitative estimate of drug-likeness (QED) is 0.446. The Kier molecular flexibility index (Phi) is 9.12. The maximum atomic E-state index is 12.8. The molecule has 1 heterocycles. The van der Waals surface area contributed by atoms with Crippen molar-refractivity contribution in [3.8, 4) is 0 Å². The fourth-order valence-corrected chi connectivity index (χ4v) is 4.81. The zero-order chi connectivity index (χ0) is 27.1. The Morgan fingerprint density at radius 3 is 2.03 bits per heavy atom. The topological polar surface area (TPSA) is 90.4 Å². The van der Waals surface area contributed by atoms with Gasteiger partial charge in [0.2, 0.25) is 5.91 Å². The first-order chi connectivity index (χ1) is 18.3. The number of hydrogen-bond donors (Lipinski definition) is 1. The van der Waals surface area contributed by atoms with Gasteiger partial charge in [-0.15, -0.1) is 0 Å². The average Bonchev–Trinajstić information content (AvgIpc) is 2.94. The Morgan fingerprint density at radius 1 is 0.895 bits per heavy atom. The number of carbonyl (C=O) groups is 3. The summed E-state index contributed by atoms with van der Waals surface area (Å²) in [6.07, 6.45) is 0. The van der Waals surface area contributed by atoms with Gasteiger partial charge in [0.1, 0.15) is 13.2 Å². The molecule has 198 valence electrons. The zero-order valence-corrected chi connectivity index (χ0v) is 21.9. The van der Waals surface area contributed by atoms with Crippen molar-refractivity contribution in [1.82, 2.24) is 9.80 Å². The normalized spacial score (nSPS) is 13.9. The first-order valence-electron chi connectivity index (χ1n) is 12.3. The molecule has 0 radical (unpaired) electrons. The number of benzene rings is 3. The van der Waals surface area contributed by atoms with E-state index in [0.717, 1.165) is 0 Å². The minimum atomic E-state index is -1.20. The maximum absolute atomic E-state index is 12.8. The molecule has 4 rings (SSSR count). The number of carboxylic acid groups (broad SMARTS) is 1. The van der Waals surface area contributed by atoms with Crippen molar-refractivity contribution < 1.29 is 24.2 Å². The van der Waals surface area contributed by atoms with E-state index in [9.17, 15) is 19.5 Å². The summed E-state index contributed by atoms with van der Waals surface area (Å²) in [5.41, 5.74) is 2.52. The summed E-state index contributed by atoms with van der Waals surface area (Å²) in [4.78, 5) is 42.2. The summed E-state index contributed by atoms with van der Waals surface area (Å²) in [6.45, 7) is 1.94. The Balaban J connectivity index is 1.30. The van der Waals surface area contributed by atoms with Crippen LogP contribution in [0.4, 0.5) is 5.69 Å². The van der Waals surface area contributed by atoms with Crippen molar-refractivity contribution >= 4 is 35.1 Å². The molecule has 3 aromatic carbocycles. The second-order valence-corrected chi connectivity index (χ2v) is 9.49. The van der Waals surface area contributed by atoms with Gasteiger partial charge >= 0.3 is 5.97 Å². The number of likely N-dealkylation sites (N-methyl/N-ethyl adjacent to an activating group) is 1. The number of piperazine rings is 1. The Morgan fingerprint density at radius 2 is 1.47 bits per heavy atom. The first-order valence-corrected chi connectivity index (χ1v) is 12.7. The minimum absolute atomic E-state index is 0.0911. The fraction of sp³-hybridized carbons (Fsp3) is 0.276. The van der Waals surface area contributed by atoms with E-state index in [0.29, 0.717) is 26.2 Å². The highest BCUT2D eigenvalue weighted by molar-refractivity contribution is 6.31. The summed E-state index contributed by atoms with van der Waals surface area (Å²) < 4.78 is 5.42. The van der Waals surface area contributed by atoms with Crippen molar-refractivity contribution in [1.29, 1.82) is 0 Å². The molecule has 0 saturated carbocycles. The number of ether oxygens (including phenoxy) is 1. The molecule has 0 spiro atoms. The summed E-state index contributed by atoms with van der Waals surface area (Å²) in [6, 6.07) is 25.0. The molecule has 1 fully saturated rings. The van der Waals surface area contributed by atoms with Gasteiger partial charge in [-0.2, -0.15) is 0 Å². The largest absolute Gasteiger partial charge is 0.478 e. The number of aromatic carboxylic acids is 1. The average molecular weight is 536 g/mol. The third-order valence-electron chi connectivity index (χ3n) is 6.64. The lowest BCUT2D eigenvalue weighted by Crippen LogP contribution is -2.50. The standard InChI is InChI=1S/C29H30ClN3O5/c1-31(25-13-12-23(30)18-24(25)29(36)37)26(34)19-38-20-27(35)32-14-16-33(17-15-32)28(21-8-4-2-5-9-21)22-10-6-3-7-11-22/h2-13,18,28H,14-17,19-20H2,1H3,(H,36,37). The zero-order valence-electron chi connectivity index (χ0n) is 21.1. The number of nitrogens with zero attached hydrogens (tertiary/aromatic N) is 3. The number of carbonyl (C=O) groups excluding carboxylic acids is 2. The van der Waals surface area contributed by atoms with Crippen molar-refractivity contribution in [2.24, 2.45) is 0 Å². The predicted octanol–water partition coefficient (Wildman–Crippen LogP) is 3.95. The van der Waals surface area contributed by atoms with Crippen molar-refractivity contribution in [3.05, 3.63) is 101 Å². The Hall–Kier alpha value is -3.72. The van der Waals surface area contributed by atoms with Gasteiger partial charge in [-0.3, -0.25) is 14.5 Å². The van der Waals surface area contributed by atoms with Crippen molar-refractivity contribution in [3.63, 3.8) is 0 Å². The summed E-state index contributed by atoms with van der Waals surface area (Å²) in [5, 5.41) is 9.67. The lowest BCUT2D eigenvalue weighted by atomic mass is 9.96. The van der Waals surface area contributed by atoms with Crippen LogP contribution in [0.1, 0.15) is 27.5 Å². The summed E-state index contributed by atoms with van der Waals surface area (Å²) in [5.74, 6) is -1.85. The van der Waals surface area contributed by atoms with Crippen molar-refractivity contribution in [2.45, 2.75) is 6.04 Å². The molecule has 1 saturated heterocycles. The second-order valence-electron chi connectivity index (χ2n) is 9.05. The van der Waals surface area contributed by atoms with Crippen LogP contribution in [0.5, 0.6) is 0 Å². The van der Waals surface area contributed by atoms with E-state index in [1.807, 2.05) is 36.4 Å². The number of amides is 2. The lowest BCUT2D eigenvalue weighted by Gasteiger charge is -2.39. The number of rotatable bonds is 9. The van der Waals surface area contributed by atoms with Crippen LogP contribution >= 0.6 is 11.6 Å². The van der Waals surface area contributed by atoms with Gasteiger partial charge in [-0.1, -0.05) is 72.3 Å². The van der Waals surface area contributed by atoms with Crippen molar-refractivity contribution in [2.75, 3.05) is 51.3 Å². The van der Waals surface area contributed by atoms with Crippen LogP contribution in [-0.2, 0) is 14.3 Å². The molecule has 9 heteroatoms. The highest BCUT2D eigenvalue weighted by Crippen LogP contribution is 2.29. The van der Waals surface area contributed by atoms with E-state index < -0.39 is 11.9 Å². The van der Waals surface area contributed by atoms with Gasteiger partial charge in [-0.25, -0.2) is 4.79 Å². The third-order valence-corrected chi connectivity index (χ3v) is 6.87. The molecule has 2 amide bonds. The molecular formula is C29H30ClN3O5. The fourth-order valence-electron chi connectivity index (χ4n) is 4.63. The van der Waals surface area contributed by atoms with E-state index in [-0.39, 0.29) is 41.4 Å². The molecule has 1 aliphatic heterocycles. The van der Waals surface area contributed by atoms with Crippen LogP contribution in [0.2, 0.25) is 5.02 Å². The van der Waals surface area contributed by atoms with Crippen LogP contribution in [0.25, 0.3) is 0 Å². The van der Waals surface area contributed by atoms with Crippen LogP contribution in [0.3, 0.4) is 0 Å². The highest BCUT2D eigenvalue weighted by atomic mass is 35.5. The molecule has 38 heavy (non-hydrogen) atoms. The van der Waals surface area contributed by atoms with Crippen LogP contribution in [0, 0.1) is 0 Å². The molecule has 3 aromatic rings. The summed E-state index contributed by atoms with van der Waals surface area (Å²) >= 11 is 5.89. The smallest absolute Gasteiger partial charge is 0.337 e. The lowest BCUT2D eigenvalue weighted by molar-refractivity contribution is -0.139. The minimum Gasteiger partial charge on any atom is -0.478 e. The number of carboxylic acids is 1.